The Bertz CT molecular complexity index is 1390. The van der Waals surface area contributed by atoms with E-state index in [0.29, 0.717) is 29.0 Å². The monoisotopic (exact) mass is 463 g/mol. The molecule has 0 radical (unpaired) electrons. The van der Waals surface area contributed by atoms with Crippen LogP contribution in [0, 0.1) is 11.6 Å². The Morgan fingerprint density at radius 3 is 2.61 bits per heavy atom. The molecular formula is C20H16ClF2N5O2S. The van der Waals surface area contributed by atoms with Crippen molar-refractivity contribution in [1.29, 1.82) is 0 Å². The highest BCUT2D eigenvalue weighted by atomic mass is 35.5. The van der Waals surface area contributed by atoms with Gasteiger partial charge in [0.05, 0.1) is 39.8 Å². The number of nitrogens with one attached hydrogen (secondary N) is 2. The summed E-state index contributed by atoms with van der Waals surface area (Å²) in [5.41, 5.74) is 2.23. The summed E-state index contributed by atoms with van der Waals surface area (Å²) in [5, 5.41) is 6.13. The summed E-state index contributed by atoms with van der Waals surface area (Å²) in [6.45, 7) is 0.365. The fourth-order valence-corrected chi connectivity index (χ4v) is 4.68. The Labute approximate surface area is 181 Å². The van der Waals surface area contributed by atoms with Gasteiger partial charge in [-0.05, 0) is 37.4 Å². The van der Waals surface area contributed by atoms with Gasteiger partial charge in [0.15, 0.2) is 0 Å². The Morgan fingerprint density at radius 1 is 1.10 bits per heavy atom. The van der Waals surface area contributed by atoms with Crippen LogP contribution in [0.25, 0.3) is 11.0 Å². The van der Waals surface area contributed by atoms with E-state index in [9.17, 15) is 17.2 Å². The van der Waals surface area contributed by atoms with Gasteiger partial charge < -0.3 is 10.6 Å². The number of aromatic nitrogens is 3. The van der Waals surface area contributed by atoms with E-state index in [1.807, 2.05) is 0 Å². The zero-order valence-electron chi connectivity index (χ0n) is 16.1. The molecule has 0 unspecified atom stereocenters. The Kier molecular flexibility index (Phi) is 5.61. The Morgan fingerprint density at radius 2 is 1.90 bits per heavy atom. The molecule has 0 spiro atoms. The summed E-state index contributed by atoms with van der Waals surface area (Å²) in [5.74, 6) is -1.25. The zero-order chi connectivity index (χ0) is 22.2. The molecule has 7 nitrogen and oxygen atoms in total. The SMILES string of the molecule is CNCc1cn(S(=O)(=O)c2cncc(F)c2)c2cc(Nc3ccc(F)cc3Cl)cnc12. The zero-order valence-corrected chi connectivity index (χ0v) is 17.7. The molecule has 0 aliphatic rings. The van der Waals surface area contributed by atoms with Gasteiger partial charge in [0.1, 0.15) is 16.5 Å². The molecule has 3 aromatic heterocycles. The average Bonchev–Trinajstić information content (AvgIpc) is 3.09. The van der Waals surface area contributed by atoms with Gasteiger partial charge in [-0.1, -0.05) is 11.6 Å². The van der Waals surface area contributed by atoms with E-state index in [2.05, 4.69) is 20.6 Å². The van der Waals surface area contributed by atoms with E-state index in [4.69, 9.17) is 11.6 Å². The fraction of sp³-hybridized carbons (Fsp3) is 0.100. The van der Waals surface area contributed by atoms with E-state index in [0.717, 1.165) is 28.5 Å². The molecule has 0 saturated heterocycles. The van der Waals surface area contributed by atoms with Gasteiger partial charge in [-0.15, -0.1) is 0 Å². The van der Waals surface area contributed by atoms with Crippen molar-refractivity contribution >= 4 is 44.0 Å². The molecule has 0 fully saturated rings. The number of pyridine rings is 2. The molecule has 0 bridgehead atoms. The highest BCUT2D eigenvalue weighted by Gasteiger charge is 2.23. The molecule has 0 aliphatic carbocycles. The molecule has 4 aromatic rings. The van der Waals surface area contributed by atoms with Crippen LogP contribution in [-0.4, -0.2) is 29.4 Å². The van der Waals surface area contributed by atoms with E-state index in [1.54, 1.807) is 13.1 Å². The second kappa shape index (κ2) is 8.22. The molecule has 1 aromatic carbocycles. The number of halogens is 3. The molecule has 160 valence electrons. The van der Waals surface area contributed by atoms with Gasteiger partial charge in [0.2, 0.25) is 0 Å². The van der Waals surface area contributed by atoms with Crippen LogP contribution in [0.4, 0.5) is 20.2 Å². The molecule has 4 rings (SSSR count). The first-order chi connectivity index (χ1) is 14.8. The van der Waals surface area contributed by atoms with Crippen molar-refractivity contribution in [3.63, 3.8) is 0 Å². The number of benzene rings is 1. The van der Waals surface area contributed by atoms with Crippen molar-refractivity contribution in [2.24, 2.45) is 0 Å². The molecule has 11 heteroatoms. The lowest BCUT2D eigenvalue weighted by Gasteiger charge is -2.10. The Balaban J connectivity index is 1.85. The summed E-state index contributed by atoms with van der Waals surface area (Å²) in [6.07, 6.45) is 4.95. The summed E-state index contributed by atoms with van der Waals surface area (Å²) in [6, 6.07) is 6.34. The number of fused-ring (bicyclic) bond motifs is 1. The maximum Gasteiger partial charge on any atom is 0.269 e. The standard InChI is InChI=1S/C20H16ClF2N5O2S/c1-24-7-12-11-28(31(29,30)16-4-14(23)8-25-10-16)19-6-15(9-26-20(12)19)27-18-3-2-13(22)5-17(18)21/h2-6,8-11,24,27H,7H2,1H3. The van der Waals surface area contributed by atoms with Crippen LogP contribution in [0.3, 0.4) is 0 Å². The Hall–Kier alpha value is -3.08. The molecule has 0 saturated carbocycles. The van der Waals surface area contributed by atoms with E-state index in [-0.39, 0.29) is 15.4 Å². The van der Waals surface area contributed by atoms with E-state index in [1.165, 1.54) is 24.5 Å². The topological polar surface area (TPSA) is 88.9 Å². The van der Waals surface area contributed by atoms with Gasteiger partial charge in [-0.2, -0.15) is 0 Å². The third kappa shape index (κ3) is 4.09. The summed E-state index contributed by atoms with van der Waals surface area (Å²) in [4.78, 5) is 7.74. The minimum absolute atomic E-state index is 0.157. The number of rotatable bonds is 6. The molecule has 0 aliphatic heterocycles. The maximum atomic E-state index is 13.6. The van der Waals surface area contributed by atoms with Crippen LogP contribution in [0.5, 0.6) is 0 Å². The van der Waals surface area contributed by atoms with Crippen LogP contribution in [0.1, 0.15) is 5.56 Å². The minimum Gasteiger partial charge on any atom is -0.353 e. The number of anilines is 2. The summed E-state index contributed by atoms with van der Waals surface area (Å²) >= 11 is 6.07. The van der Waals surface area contributed by atoms with Crippen molar-refractivity contribution in [1.82, 2.24) is 19.3 Å². The number of nitrogens with zero attached hydrogens (tertiary/aromatic N) is 3. The number of hydrogen-bond acceptors (Lipinski definition) is 6. The largest absolute Gasteiger partial charge is 0.353 e. The molecule has 3 heterocycles. The lowest BCUT2D eigenvalue weighted by molar-refractivity contribution is 0.582. The van der Waals surface area contributed by atoms with Crippen molar-refractivity contribution in [3.05, 3.63) is 77.3 Å². The van der Waals surface area contributed by atoms with Gasteiger partial charge >= 0.3 is 0 Å². The van der Waals surface area contributed by atoms with Gasteiger partial charge in [-0.25, -0.2) is 21.2 Å². The van der Waals surface area contributed by atoms with Crippen LogP contribution < -0.4 is 10.6 Å². The first kappa shape index (κ1) is 21.2. The van der Waals surface area contributed by atoms with Crippen LogP contribution in [0.2, 0.25) is 5.02 Å². The third-order valence-corrected chi connectivity index (χ3v) is 6.45. The lowest BCUT2D eigenvalue weighted by Crippen LogP contribution is -2.13. The average molecular weight is 464 g/mol. The quantitative estimate of drug-likeness (QED) is 0.448. The molecule has 31 heavy (non-hydrogen) atoms. The summed E-state index contributed by atoms with van der Waals surface area (Å²) in [7, 11) is -2.42. The van der Waals surface area contributed by atoms with Crippen LogP contribution >= 0.6 is 11.6 Å². The summed E-state index contributed by atoms with van der Waals surface area (Å²) < 4.78 is 54.4. The second-order valence-corrected chi connectivity index (χ2v) is 8.89. The third-order valence-electron chi connectivity index (χ3n) is 4.50. The molecule has 0 atom stereocenters. The smallest absolute Gasteiger partial charge is 0.269 e. The van der Waals surface area contributed by atoms with Gasteiger partial charge in [0, 0.05) is 24.5 Å². The van der Waals surface area contributed by atoms with Crippen molar-refractivity contribution in [2.75, 3.05) is 12.4 Å². The van der Waals surface area contributed by atoms with Crippen molar-refractivity contribution in [3.8, 4) is 0 Å². The molecular weight excluding hydrogens is 448 g/mol. The van der Waals surface area contributed by atoms with E-state index >= 15 is 0 Å². The second-order valence-electron chi connectivity index (χ2n) is 6.67. The molecule has 0 amide bonds. The highest BCUT2D eigenvalue weighted by Crippen LogP contribution is 2.30. The lowest BCUT2D eigenvalue weighted by atomic mass is 10.2. The van der Waals surface area contributed by atoms with Gasteiger partial charge in [-0.3, -0.25) is 9.97 Å². The predicted molar refractivity (Wildman–Crippen MR) is 114 cm³/mol. The fourth-order valence-electron chi connectivity index (χ4n) is 3.12. The normalized spacial score (nSPS) is 11.7. The van der Waals surface area contributed by atoms with Gasteiger partial charge in [0.25, 0.3) is 10.0 Å². The van der Waals surface area contributed by atoms with E-state index < -0.39 is 21.7 Å². The maximum absolute atomic E-state index is 13.6. The van der Waals surface area contributed by atoms with Crippen LogP contribution in [-0.2, 0) is 16.6 Å². The van der Waals surface area contributed by atoms with Crippen LogP contribution in [0.15, 0.2) is 60.0 Å². The first-order valence-corrected chi connectivity index (χ1v) is 10.8. The predicted octanol–water partition coefficient (Wildman–Crippen LogP) is 4.06. The molecule has 2 N–H and O–H groups in total. The van der Waals surface area contributed by atoms with Crippen molar-refractivity contribution < 1.29 is 17.2 Å². The minimum atomic E-state index is -4.15. The highest BCUT2D eigenvalue weighted by molar-refractivity contribution is 7.90. The number of hydrogen-bond donors (Lipinski definition) is 2. The van der Waals surface area contributed by atoms with Crippen molar-refractivity contribution in [2.45, 2.75) is 11.4 Å². The first-order valence-electron chi connectivity index (χ1n) is 9.02.